The molecule has 6 rings (SSSR count). The molecular weight excluding hydrogens is 404 g/mol. The van der Waals surface area contributed by atoms with Crippen LogP contribution in [0.2, 0.25) is 0 Å². The lowest BCUT2D eigenvalue weighted by molar-refractivity contribution is 1.22. The first-order valence-electron chi connectivity index (χ1n) is 10.9. The molecule has 4 heterocycles. The Morgan fingerprint density at radius 2 is 1.27 bits per heavy atom. The highest BCUT2D eigenvalue weighted by atomic mass is 14.8. The van der Waals surface area contributed by atoms with Crippen molar-refractivity contribution < 1.29 is 0 Å². The van der Waals surface area contributed by atoms with Gasteiger partial charge in [-0.05, 0) is 47.9 Å². The van der Waals surface area contributed by atoms with E-state index in [9.17, 15) is 0 Å². The molecule has 4 nitrogen and oxygen atoms in total. The van der Waals surface area contributed by atoms with Crippen LogP contribution in [0.3, 0.4) is 0 Å². The van der Waals surface area contributed by atoms with Crippen LogP contribution in [0.25, 0.3) is 45.1 Å². The Morgan fingerprint density at radius 3 is 2.09 bits per heavy atom. The standard InChI is InChI=1S/C29H20N4/c1-2-10-22-20(8-1)15-17-31-27(22)19-29-24-12-4-3-11-23(24)28(33-29)18-21-9-7-14-26(32-21)25-13-5-6-16-30-25/h1-19,33H/b28-18-,29-19-. The van der Waals surface area contributed by atoms with Gasteiger partial charge in [0.05, 0.1) is 22.8 Å². The molecule has 4 heteroatoms. The topological polar surface area (TPSA) is 54.5 Å². The lowest BCUT2D eigenvalue weighted by Gasteiger charge is -2.00. The lowest BCUT2D eigenvalue weighted by atomic mass is 10.1. The summed E-state index contributed by atoms with van der Waals surface area (Å²) in [6.07, 6.45) is 7.86. The molecular formula is C29H20N4. The Balaban J connectivity index is 1.54. The summed E-state index contributed by atoms with van der Waals surface area (Å²) in [5.41, 5.74) is 3.54. The highest BCUT2D eigenvalue weighted by Gasteiger charge is 2.05. The van der Waals surface area contributed by atoms with Crippen LogP contribution in [0.1, 0.15) is 11.4 Å². The van der Waals surface area contributed by atoms with Gasteiger partial charge in [0.15, 0.2) is 0 Å². The second-order valence-corrected chi connectivity index (χ2v) is 7.87. The van der Waals surface area contributed by atoms with Gasteiger partial charge in [-0.2, -0.15) is 0 Å². The summed E-state index contributed by atoms with van der Waals surface area (Å²) in [5, 5.41) is 6.66. The normalized spacial score (nSPS) is 12.6. The number of hydrogen-bond acceptors (Lipinski definition) is 3. The van der Waals surface area contributed by atoms with Gasteiger partial charge in [0, 0.05) is 39.3 Å². The first-order chi connectivity index (χ1) is 16.3. The average molecular weight is 425 g/mol. The summed E-state index contributed by atoms with van der Waals surface area (Å²) >= 11 is 0. The van der Waals surface area contributed by atoms with Crippen LogP contribution in [-0.2, 0) is 0 Å². The van der Waals surface area contributed by atoms with Crippen molar-refractivity contribution in [2.45, 2.75) is 0 Å². The van der Waals surface area contributed by atoms with Gasteiger partial charge < -0.3 is 4.98 Å². The quantitative estimate of drug-likeness (QED) is 0.443. The minimum atomic E-state index is 0.854. The zero-order valence-electron chi connectivity index (χ0n) is 17.8. The molecule has 0 spiro atoms. The smallest absolute Gasteiger partial charge is 0.0893 e. The maximum absolute atomic E-state index is 4.82. The zero-order valence-corrected chi connectivity index (χ0v) is 17.8. The van der Waals surface area contributed by atoms with Crippen molar-refractivity contribution in [1.82, 2.24) is 19.9 Å². The third kappa shape index (κ3) is 3.68. The third-order valence-electron chi connectivity index (χ3n) is 5.75. The van der Waals surface area contributed by atoms with Crippen LogP contribution in [0.4, 0.5) is 0 Å². The number of aromatic amines is 1. The molecule has 4 aromatic heterocycles. The molecule has 1 N–H and O–H groups in total. The summed E-state index contributed by atoms with van der Waals surface area (Å²) in [5.74, 6) is 0. The summed E-state index contributed by atoms with van der Waals surface area (Å²) < 4.78 is 0. The van der Waals surface area contributed by atoms with Crippen LogP contribution in [0.5, 0.6) is 0 Å². The van der Waals surface area contributed by atoms with Crippen molar-refractivity contribution >= 4 is 33.7 Å². The Bertz CT molecular complexity index is 1710. The molecule has 0 unspecified atom stereocenters. The van der Waals surface area contributed by atoms with Crippen molar-refractivity contribution in [3.63, 3.8) is 0 Å². The van der Waals surface area contributed by atoms with E-state index in [4.69, 9.17) is 4.98 Å². The molecule has 0 amide bonds. The van der Waals surface area contributed by atoms with Crippen molar-refractivity contribution in [2.75, 3.05) is 0 Å². The van der Waals surface area contributed by atoms with Crippen LogP contribution in [0.15, 0.2) is 103 Å². The largest absolute Gasteiger partial charge is 0.354 e. The fourth-order valence-corrected chi connectivity index (χ4v) is 4.19. The number of hydrogen-bond donors (Lipinski definition) is 1. The molecule has 0 saturated heterocycles. The summed E-state index contributed by atoms with van der Waals surface area (Å²) in [7, 11) is 0. The second-order valence-electron chi connectivity index (χ2n) is 7.87. The lowest BCUT2D eigenvalue weighted by Crippen LogP contribution is -2.10. The van der Waals surface area contributed by atoms with Crippen molar-refractivity contribution in [1.29, 1.82) is 0 Å². The predicted molar refractivity (Wildman–Crippen MR) is 134 cm³/mol. The van der Waals surface area contributed by atoms with Crippen molar-refractivity contribution in [3.05, 3.63) is 125 Å². The monoisotopic (exact) mass is 424 g/mol. The number of H-pyrrole nitrogens is 1. The van der Waals surface area contributed by atoms with E-state index in [0.717, 1.165) is 49.6 Å². The minimum absolute atomic E-state index is 0.854. The number of nitrogens with one attached hydrogen (secondary N) is 1. The van der Waals surface area contributed by atoms with Gasteiger partial charge >= 0.3 is 0 Å². The molecule has 33 heavy (non-hydrogen) atoms. The fraction of sp³-hybridized carbons (Fsp3) is 0. The Hall–Kier alpha value is -4.57. The number of pyridine rings is 3. The number of rotatable bonds is 3. The number of fused-ring (bicyclic) bond motifs is 2. The molecule has 0 radical (unpaired) electrons. The van der Waals surface area contributed by atoms with Crippen molar-refractivity contribution in [3.8, 4) is 11.4 Å². The van der Waals surface area contributed by atoms with E-state index in [0.29, 0.717) is 0 Å². The van der Waals surface area contributed by atoms with Gasteiger partial charge in [-0.25, -0.2) is 4.98 Å². The Morgan fingerprint density at radius 1 is 0.545 bits per heavy atom. The molecule has 0 aliphatic heterocycles. The van der Waals surface area contributed by atoms with Crippen LogP contribution in [-0.4, -0.2) is 19.9 Å². The molecule has 0 bridgehead atoms. The average Bonchev–Trinajstić information content (AvgIpc) is 3.22. The van der Waals surface area contributed by atoms with Crippen LogP contribution >= 0.6 is 0 Å². The number of nitrogens with zero attached hydrogens (tertiary/aromatic N) is 3. The van der Waals surface area contributed by atoms with E-state index in [2.05, 4.69) is 69.6 Å². The SMILES string of the molecule is C(/c1cccc(-c2ccccn2)n1)=c1/[nH]/c(=C\c2nccc3ccccc23)c2ccccc12. The molecule has 6 aromatic rings. The molecule has 156 valence electrons. The molecule has 0 aliphatic rings. The summed E-state index contributed by atoms with van der Waals surface area (Å²) in [4.78, 5) is 17.5. The summed E-state index contributed by atoms with van der Waals surface area (Å²) in [6, 6.07) is 30.6. The molecule has 0 saturated carbocycles. The van der Waals surface area contributed by atoms with Crippen LogP contribution in [0, 0.1) is 0 Å². The van der Waals surface area contributed by atoms with E-state index in [1.807, 2.05) is 54.7 Å². The molecule has 0 aliphatic carbocycles. The predicted octanol–water partition coefficient (Wildman–Crippen LogP) is 4.83. The zero-order chi connectivity index (χ0) is 22.0. The van der Waals surface area contributed by atoms with E-state index in [-0.39, 0.29) is 0 Å². The Kier molecular flexibility index (Phi) is 4.74. The van der Waals surface area contributed by atoms with Gasteiger partial charge in [-0.1, -0.05) is 60.7 Å². The first kappa shape index (κ1) is 19.1. The van der Waals surface area contributed by atoms with Crippen LogP contribution < -0.4 is 10.7 Å². The maximum Gasteiger partial charge on any atom is 0.0893 e. The number of benzene rings is 2. The summed E-state index contributed by atoms with van der Waals surface area (Å²) in [6.45, 7) is 0. The minimum Gasteiger partial charge on any atom is -0.354 e. The highest BCUT2D eigenvalue weighted by Crippen LogP contribution is 2.17. The van der Waals surface area contributed by atoms with E-state index in [1.165, 1.54) is 5.39 Å². The second kappa shape index (κ2) is 8.17. The maximum atomic E-state index is 4.82. The van der Waals surface area contributed by atoms with Gasteiger partial charge in [0.25, 0.3) is 0 Å². The highest BCUT2D eigenvalue weighted by molar-refractivity contribution is 5.91. The van der Waals surface area contributed by atoms with Gasteiger partial charge in [-0.3, -0.25) is 9.97 Å². The van der Waals surface area contributed by atoms with Gasteiger partial charge in [0.1, 0.15) is 0 Å². The van der Waals surface area contributed by atoms with E-state index < -0.39 is 0 Å². The van der Waals surface area contributed by atoms with Crippen molar-refractivity contribution in [2.24, 2.45) is 0 Å². The molecule has 0 fully saturated rings. The molecule has 2 aromatic carbocycles. The Labute approximate surface area is 190 Å². The van der Waals surface area contributed by atoms with Gasteiger partial charge in [0.2, 0.25) is 0 Å². The number of aromatic nitrogens is 4. The van der Waals surface area contributed by atoms with Gasteiger partial charge in [-0.15, -0.1) is 0 Å². The molecule has 0 atom stereocenters. The first-order valence-corrected chi connectivity index (χ1v) is 10.9. The van der Waals surface area contributed by atoms with E-state index in [1.54, 1.807) is 6.20 Å². The third-order valence-corrected chi connectivity index (χ3v) is 5.75. The fourth-order valence-electron chi connectivity index (χ4n) is 4.19. The van der Waals surface area contributed by atoms with E-state index >= 15 is 0 Å².